The SMILES string of the molecule is NC(=O)C(S)c1csnn1. The van der Waals surface area contributed by atoms with Crippen molar-refractivity contribution < 1.29 is 4.79 Å². The van der Waals surface area contributed by atoms with Crippen LogP contribution < -0.4 is 5.73 Å². The Balaban J connectivity index is 2.77. The molecule has 0 saturated carbocycles. The molecule has 1 aromatic heterocycles. The largest absolute Gasteiger partial charge is 0.368 e. The van der Waals surface area contributed by atoms with Gasteiger partial charge >= 0.3 is 0 Å². The molecule has 0 fully saturated rings. The third-order valence-corrected chi connectivity index (χ3v) is 1.97. The Morgan fingerprint density at radius 1 is 1.90 bits per heavy atom. The Hall–Kier alpha value is -0.620. The third-order valence-electron chi connectivity index (χ3n) is 0.927. The van der Waals surface area contributed by atoms with E-state index in [-0.39, 0.29) is 0 Å². The molecule has 1 heterocycles. The van der Waals surface area contributed by atoms with Crippen molar-refractivity contribution in [3.63, 3.8) is 0 Å². The Labute approximate surface area is 67.0 Å². The normalized spacial score (nSPS) is 12.9. The molecule has 1 unspecified atom stereocenters. The van der Waals surface area contributed by atoms with E-state index in [1.807, 2.05) is 0 Å². The highest BCUT2D eigenvalue weighted by atomic mass is 32.1. The van der Waals surface area contributed by atoms with E-state index in [0.29, 0.717) is 5.69 Å². The van der Waals surface area contributed by atoms with Gasteiger partial charge in [0.1, 0.15) is 5.25 Å². The highest BCUT2D eigenvalue weighted by Gasteiger charge is 2.14. The molecule has 0 aliphatic rings. The molecule has 1 atom stereocenters. The van der Waals surface area contributed by atoms with E-state index in [4.69, 9.17) is 5.73 Å². The van der Waals surface area contributed by atoms with Crippen LogP contribution in [-0.2, 0) is 4.79 Å². The summed E-state index contributed by atoms with van der Waals surface area (Å²) >= 11 is 5.08. The molecule has 10 heavy (non-hydrogen) atoms. The summed E-state index contributed by atoms with van der Waals surface area (Å²) in [6, 6.07) is 0. The van der Waals surface area contributed by atoms with Crippen LogP contribution in [0.4, 0.5) is 0 Å². The predicted molar refractivity (Wildman–Crippen MR) is 40.8 cm³/mol. The molecule has 0 aromatic carbocycles. The Morgan fingerprint density at radius 2 is 2.60 bits per heavy atom. The molecule has 0 aliphatic carbocycles. The topological polar surface area (TPSA) is 68.9 Å². The van der Waals surface area contributed by atoms with Crippen LogP contribution in [0.25, 0.3) is 0 Å². The number of amides is 1. The molecule has 2 N–H and O–H groups in total. The van der Waals surface area contributed by atoms with Crippen molar-refractivity contribution in [2.75, 3.05) is 0 Å². The first-order chi connectivity index (χ1) is 4.72. The van der Waals surface area contributed by atoms with E-state index < -0.39 is 11.2 Å². The van der Waals surface area contributed by atoms with Crippen LogP contribution in [0.15, 0.2) is 5.38 Å². The molecule has 1 rings (SSSR count). The van der Waals surface area contributed by atoms with Gasteiger partial charge in [0.05, 0.1) is 5.69 Å². The second-order valence-electron chi connectivity index (χ2n) is 1.63. The van der Waals surface area contributed by atoms with E-state index in [1.165, 1.54) is 11.5 Å². The number of hydrogen-bond acceptors (Lipinski definition) is 5. The maximum absolute atomic E-state index is 10.5. The zero-order valence-electron chi connectivity index (χ0n) is 4.89. The zero-order chi connectivity index (χ0) is 7.56. The number of thiol groups is 1. The smallest absolute Gasteiger partial charge is 0.236 e. The number of nitrogens with zero attached hydrogens (tertiary/aromatic N) is 2. The number of carbonyl (C=O) groups is 1. The predicted octanol–water partition coefficient (Wildman–Crippen LogP) is -0.00570. The van der Waals surface area contributed by atoms with Gasteiger partial charge in [0, 0.05) is 5.38 Å². The van der Waals surface area contributed by atoms with Gasteiger partial charge in [-0.2, -0.15) is 12.6 Å². The van der Waals surface area contributed by atoms with E-state index in [1.54, 1.807) is 5.38 Å². The van der Waals surface area contributed by atoms with E-state index in [0.717, 1.165) is 0 Å². The van der Waals surface area contributed by atoms with E-state index in [2.05, 4.69) is 22.2 Å². The minimum absolute atomic E-state index is 0.504. The lowest BCUT2D eigenvalue weighted by Crippen LogP contribution is -2.17. The number of hydrogen-bond donors (Lipinski definition) is 2. The summed E-state index contributed by atoms with van der Waals surface area (Å²) in [5.41, 5.74) is 5.46. The molecule has 0 radical (unpaired) electrons. The van der Waals surface area contributed by atoms with Crippen molar-refractivity contribution in [3.8, 4) is 0 Å². The molecule has 4 nitrogen and oxygen atoms in total. The number of carbonyl (C=O) groups excluding carboxylic acids is 1. The first-order valence-electron chi connectivity index (χ1n) is 2.46. The lowest BCUT2D eigenvalue weighted by atomic mass is 10.3. The van der Waals surface area contributed by atoms with Crippen LogP contribution in [0, 0.1) is 0 Å². The van der Waals surface area contributed by atoms with Gasteiger partial charge < -0.3 is 5.73 Å². The maximum Gasteiger partial charge on any atom is 0.236 e. The summed E-state index contributed by atoms with van der Waals surface area (Å²) in [6.07, 6.45) is 0. The summed E-state index contributed by atoms with van der Waals surface area (Å²) in [7, 11) is 0. The van der Waals surface area contributed by atoms with Gasteiger partial charge in [-0.3, -0.25) is 4.79 Å². The molecule has 0 bridgehead atoms. The van der Waals surface area contributed by atoms with Crippen LogP contribution >= 0.6 is 24.2 Å². The quantitative estimate of drug-likeness (QED) is 0.621. The van der Waals surface area contributed by atoms with Crippen molar-refractivity contribution in [2.45, 2.75) is 5.25 Å². The summed E-state index contributed by atoms with van der Waals surface area (Å²) < 4.78 is 3.56. The second-order valence-corrected chi connectivity index (χ2v) is 2.76. The lowest BCUT2D eigenvalue weighted by molar-refractivity contribution is -0.117. The number of primary amides is 1. The molecule has 6 heteroatoms. The van der Waals surface area contributed by atoms with Crippen LogP contribution in [0.1, 0.15) is 10.9 Å². The number of aromatic nitrogens is 2. The molecular weight excluding hydrogens is 170 g/mol. The van der Waals surface area contributed by atoms with Gasteiger partial charge in [0.25, 0.3) is 0 Å². The zero-order valence-corrected chi connectivity index (χ0v) is 6.60. The Kier molecular flexibility index (Phi) is 2.23. The van der Waals surface area contributed by atoms with Gasteiger partial charge in [0.15, 0.2) is 0 Å². The molecule has 0 spiro atoms. The second kappa shape index (κ2) is 2.98. The first kappa shape index (κ1) is 7.49. The molecule has 0 aliphatic heterocycles. The third kappa shape index (κ3) is 1.45. The van der Waals surface area contributed by atoms with E-state index >= 15 is 0 Å². The van der Waals surface area contributed by atoms with Crippen molar-refractivity contribution >= 4 is 30.1 Å². The monoisotopic (exact) mass is 175 g/mol. The fourth-order valence-electron chi connectivity index (χ4n) is 0.437. The van der Waals surface area contributed by atoms with Crippen LogP contribution in [0.3, 0.4) is 0 Å². The van der Waals surface area contributed by atoms with Crippen LogP contribution in [-0.4, -0.2) is 15.5 Å². The highest BCUT2D eigenvalue weighted by molar-refractivity contribution is 7.81. The summed E-state index contributed by atoms with van der Waals surface area (Å²) in [4.78, 5) is 10.5. The van der Waals surface area contributed by atoms with Gasteiger partial charge in [-0.25, -0.2) is 0 Å². The molecule has 1 amide bonds. The molecule has 0 saturated heterocycles. The number of rotatable bonds is 2. The van der Waals surface area contributed by atoms with E-state index in [9.17, 15) is 4.79 Å². The first-order valence-corrected chi connectivity index (χ1v) is 3.81. The average molecular weight is 175 g/mol. The highest BCUT2D eigenvalue weighted by Crippen LogP contribution is 2.16. The fraction of sp³-hybridized carbons (Fsp3) is 0.250. The van der Waals surface area contributed by atoms with Crippen molar-refractivity contribution in [1.82, 2.24) is 9.59 Å². The van der Waals surface area contributed by atoms with Crippen LogP contribution in [0.5, 0.6) is 0 Å². The Bertz CT molecular complexity index is 222. The van der Waals surface area contributed by atoms with Gasteiger partial charge in [-0.1, -0.05) is 4.49 Å². The molecule has 1 aromatic rings. The van der Waals surface area contributed by atoms with Crippen molar-refractivity contribution in [2.24, 2.45) is 5.73 Å². The fourth-order valence-corrected chi connectivity index (χ4v) is 1.14. The minimum atomic E-state index is -0.626. The standard InChI is InChI=1S/C4H5N3OS2/c5-4(8)3(9)2-1-10-7-6-2/h1,3,9H,(H2,5,8). The Morgan fingerprint density at radius 3 is 3.00 bits per heavy atom. The summed E-state index contributed by atoms with van der Waals surface area (Å²) in [6.45, 7) is 0. The van der Waals surface area contributed by atoms with Crippen molar-refractivity contribution in [3.05, 3.63) is 11.1 Å². The minimum Gasteiger partial charge on any atom is -0.368 e. The maximum atomic E-state index is 10.5. The molecular formula is C4H5N3OS2. The summed E-state index contributed by atoms with van der Waals surface area (Å²) in [5.74, 6) is -0.504. The van der Waals surface area contributed by atoms with Crippen LogP contribution in [0.2, 0.25) is 0 Å². The lowest BCUT2D eigenvalue weighted by Gasteiger charge is -1.98. The van der Waals surface area contributed by atoms with Gasteiger partial charge in [-0.05, 0) is 11.5 Å². The van der Waals surface area contributed by atoms with Gasteiger partial charge in [0.2, 0.25) is 5.91 Å². The van der Waals surface area contributed by atoms with Gasteiger partial charge in [-0.15, -0.1) is 5.10 Å². The van der Waals surface area contributed by atoms with Crippen molar-refractivity contribution in [1.29, 1.82) is 0 Å². The molecule has 54 valence electrons. The summed E-state index contributed by atoms with van der Waals surface area (Å²) in [5, 5.41) is 4.64. The number of nitrogens with two attached hydrogens (primary N) is 1. The average Bonchev–Trinajstić information content (AvgIpc) is 2.36.